The zero-order chi connectivity index (χ0) is 9.19. The van der Waals surface area contributed by atoms with Crippen LogP contribution in [-0.4, -0.2) is 33.9 Å². The van der Waals surface area contributed by atoms with E-state index in [4.69, 9.17) is 5.11 Å². The van der Waals surface area contributed by atoms with Gasteiger partial charge in [0.15, 0.2) is 5.54 Å². The fourth-order valence-corrected chi connectivity index (χ4v) is 1.48. The summed E-state index contributed by atoms with van der Waals surface area (Å²) in [6.07, 6.45) is 1.29. The van der Waals surface area contributed by atoms with Crippen LogP contribution in [0.5, 0.6) is 0 Å². The SMILES string of the molecule is O=C=NC1(C(=O)O)CCCC1O. The van der Waals surface area contributed by atoms with Gasteiger partial charge in [0.25, 0.3) is 0 Å². The van der Waals surface area contributed by atoms with Crippen molar-refractivity contribution in [1.29, 1.82) is 0 Å². The number of hydrogen-bond acceptors (Lipinski definition) is 4. The molecule has 1 saturated carbocycles. The van der Waals surface area contributed by atoms with E-state index in [-0.39, 0.29) is 6.42 Å². The van der Waals surface area contributed by atoms with Gasteiger partial charge in [-0.25, -0.2) is 9.59 Å². The quantitative estimate of drug-likeness (QED) is 0.440. The van der Waals surface area contributed by atoms with Crippen LogP contribution >= 0.6 is 0 Å². The predicted octanol–water partition coefficient (Wildman–Crippen LogP) is -0.310. The molecule has 0 aromatic carbocycles. The van der Waals surface area contributed by atoms with Gasteiger partial charge in [0.2, 0.25) is 6.08 Å². The highest BCUT2D eigenvalue weighted by atomic mass is 16.4. The van der Waals surface area contributed by atoms with Crippen LogP contribution in [0.1, 0.15) is 19.3 Å². The predicted molar refractivity (Wildman–Crippen MR) is 38.3 cm³/mol. The topological polar surface area (TPSA) is 87.0 Å². The number of carboxylic acid groups (broad SMARTS) is 1. The number of carbonyl (C=O) groups is 1. The Labute approximate surface area is 68.7 Å². The van der Waals surface area contributed by atoms with E-state index in [0.29, 0.717) is 12.8 Å². The molecular weight excluding hydrogens is 162 g/mol. The number of carboxylic acids is 1. The first-order chi connectivity index (χ1) is 5.63. The van der Waals surface area contributed by atoms with Gasteiger partial charge in [-0.05, 0) is 19.3 Å². The summed E-state index contributed by atoms with van der Waals surface area (Å²) in [6.45, 7) is 0. The fraction of sp³-hybridized carbons (Fsp3) is 0.714. The molecule has 0 saturated heterocycles. The highest BCUT2D eigenvalue weighted by Gasteiger charge is 2.49. The van der Waals surface area contributed by atoms with E-state index in [1.54, 1.807) is 0 Å². The molecule has 66 valence electrons. The number of hydrogen-bond donors (Lipinski definition) is 2. The minimum Gasteiger partial charge on any atom is -0.479 e. The van der Waals surface area contributed by atoms with Crippen LogP contribution in [0.4, 0.5) is 0 Å². The van der Waals surface area contributed by atoms with Crippen LogP contribution < -0.4 is 0 Å². The summed E-state index contributed by atoms with van der Waals surface area (Å²) in [5, 5.41) is 18.0. The highest BCUT2D eigenvalue weighted by Crippen LogP contribution is 2.33. The Bertz CT molecular complexity index is 242. The van der Waals surface area contributed by atoms with E-state index in [1.165, 1.54) is 6.08 Å². The lowest BCUT2D eigenvalue weighted by molar-refractivity contribution is -0.146. The van der Waals surface area contributed by atoms with Crippen LogP contribution in [0, 0.1) is 0 Å². The molecule has 0 radical (unpaired) electrons. The van der Waals surface area contributed by atoms with Gasteiger partial charge in [-0.3, -0.25) is 0 Å². The van der Waals surface area contributed by atoms with Gasteiger partial charge >= 0.3 is 5.97 Å². The molecule has 12 heavy (non-hydrogen) atoms. The lowest BCUT2D eigenvalue weighted by Crippen LogP contribution is -2.43. The van der Waals surface area contributed by atoms with E-state index in [2.05, 4.69) is 4.99 Å². The van der Waals surface area contributed by atoms with Crippen molar-refractivity contribution >= 4 is 12.0 Å². The van der Waals surface area contributed by atoms with Crippen molar-refractivity contribution in [2.45, 2.75) is 30.9 Å². The van der Waals surface area contributed by atoms with Gasteiger partial charge in [-0.1, -0.05) is 0 Å². The summed E-state index contributed by atoms with van der Waals surface area (Å²) in [7, 11) is 0. The van der Waals surface area contributed by atoms with Crippen molar-refractivity contribution in [1.82, 2.24) is 0 Å². The Kier molecular flexibility index (Phi) is 2.26. The van der Waals surface area contributed by atoms with Crippen LogP contribution in [0.25, 0.3) is 0 Å². The zero-order valence-corrected chi connectivity index (χ0v) is 6.36. The Morgan fingerprint density at radius 2 is 2.33 bits per heavy atom. The molecule has 0 bridgehead atoms. The number of aliphatic carboxylic acids is 1. The molecule has 2 unspecified atom stereocenters. The number of isocyanates is 1. The molecule has 0 aliphatic heterocycles. The largest absolute Gasteiger partial charge is 0.479 e. The second kappa shape index (κ2) is 3.05. The molecule has 2 atom stereocenters. The Morgan fingerprint density at radius 3 is 2.67 bits per heavy atom. The van der Waals surface area contributed by atoms with Crippen molar-refractivity contribution in [3.05, 3.63) is 0 Å². The summed E-state index contributed by atoms with van der Waals surface area (Å²) in [5.41, 5.74) is -1.62. The number of nitrogens with zero attached hydrogens (tertiary/aromatic N) is 1. The fourth-order valence-electron chi connectivity index (χ4n) is 1.48. The van der Waals surface area contributed by atoms with Crippen molar-refractivity contribution in [2.75, 3.05) is 0 Å². The average Bonchev–Trinajstić information content (AvgIpc) is 2.34. The first-order valence-corrected chi connectivity index (χ1v) is 3.64. The molecule has 0 aromatic heterocycles. The third-order valence-electron chi connectivity index (χ3n) is 2.20. The molecule has 2 N–H and O–H groups in total. The molecule has 5 heteroatoms. The highest BCUT2D eigenvalue weighted by molar-refractivity contribution is 5.81. The molecule has 1 aliphatic carbocycles. The van der Waals surface area contributed by atoms with Crippen molar-refractivity contribution in [3.8, 4) is 0 Å². The molecule has 1 aliphatic rings. The zero-order valence-electron chi connectivity index (χ0n) is 6.36. The summed E-state index contributed by atoms with van der Waals surface area (Å²) < 4.78 is 0. The minimum atomic E-state index is -1.62. The second-order valence-corrected chi connectivity index (χ2v) is 2.84. The standard InChI is InChI=1S/C7H9NO4/c9-4-8-7(6(11)12)3-1-2-5(7)10/h5,10H,1-3H2,(H,11,12). The van der Waals surface area contributed by atoms with E-state index in [9.17, 15) is 14.7 Å². The van der Waals surface area contributed by atoms with Gasteiger partial charge in [-0.15, -0.1) is 0 Å². The van der Waals surface area contributed by atoms with E-state index in [0.717, 1.165) is 0 Å². The lowest BCUT2D eigenvalue weighted by Gasteiger charge is -2.20. The number of aliphatic hydroxyl groups is 1. The van der Waals surface area contributed by atoms with Crippen LogP contribution in [-0.2, 0) is 9.59 Å². The molecule has 0 spiro atoms. The Morgan fingerprint density at radius 1 is 1.67 bits per heavy atom. The van der Waals surface area contributed by atoms with Gasteiger partial charge < -0.3 is 10.2 Å². The minimum absolute atomic E-state index is 0.207. The van der Waals surface area contributed by atoms with Gasteiger partial charge in [0.1, 0.15) is 0 Å². The summed E-state index contributed by atoms with van der Waals surface area (Å²) >= 11 is 0. The summed E-state index contributed by atoms with van der Waals surface area (Å²) in [4.78, 5) is 23.8. The molecule has 0 heterocycles. The van der Waals surface area contributed by atoms with E-state index in [1.807, 2.05) is 0 Å². The Hall–Kier alpha value is -1.19. The smallest absolute Gasteiger partial charge is 0.335 e. The van der Waals surface area contributed by atoms with Crippen LogP contribution in [0.15, 0.2) is 4.99 Å². The van der Waals surface area contributed by atoms with Crippen molar-refractivity contribution in [2.24, 2.45) is 4.99 Å². The van der Waals surface area contributed by atoms with Gasteiger partial charge in [0, 0.05) is 0 Å². The Balaban J connectivity index is 3.00. The molecular formula is C7H9NO4. The maximum atomic E-state index is 10.7. The second-order valence-electron chi connectivity index (χ2n) is 2.84. The first kappa shape index (κ1) is 8.90. The molecule has 1 fully saturated rings. The average molecular weight is 171 g/mol. The molecule has 5 nitrogen and oxygen atoms in total. The lowest BCUT2D eigenvalue weighted by atomic mass is 9.96. The molecule has 0 amide bonds. The van der Waals surface area contributed by atoms with E-state index >= 15 is 0 Å². The maximum absolute atomic E-state index is 10.7. The summed E-state index contributed by atoms with van der Waals surface area (Å²) in [5.74, 6) is -1.25. The normalized spacial score (nSPS) is 34.2. The number of rotatable bonds is 2. The molecule has 0 aromatic rings. The maximum Gasteiger partial charge on any atom is 0.335 e. The van der Waals surface area contributed by atoms with Crippen LogP contribution in [0.3, 0.4) is 0 Å². The third-order valence-corrected chi connectivity index (χ3v) is 2.20. The number of aliphatic imine (C=N–C) groups is 1. The third kappa shape index (κ3) is 1.13. The van der Waals surface area contributed by atoms with Gasteiger partial charge in [0.05, 0.1) is 6.10 Å². The van der Waals surface area contributed by atoms with Crippen molar-refractivity contribution in [3.63, 3.8) is 0 Å². The van der Waals surface area contributed by atoms with Crippen LogP contribution in [0.2, 0.25) is 0 Å². The van der Waals surface area contributed by atoms with Crippen molar-refractivity contribution < 1.29 is 19.8 Å². The number of aliphatic hydroxyl groups excluding tert-OH is 1. The van der Waals surface area contributed by atoms with E-state index < -0.39 is 17.6 Å². The first-order valence-electron chi connectivity index (χ1n) is 3.64. The van der Waals surface area contributed by atoms with Gasteiger partial charge in [-0.2, -0.15) is 4.99 Å². The monoisotopic (exact) mass is 171 g/mol. The number of carbonyl (C=O) groups excluding carboxylic acids is 1. The summed E-state index contributed by atoms with van der Waals surface area (Å²) in [6, 6.07) is 0. The molecule has 1 rings (SSSR count).